The van der Waals surface area contributed by atoms with Gasteiger partial charge in [0.1, 0.15) is 17.0 Å². The first-order valence-electron chi connectivity index (χ1n) is 9.19. The fourth-order valence-corrected chi connectivity index (χ4v) is 4.63. The van der Waals surface area contributed by atoms with E-state index in [9.17, 15) is 4.79 Å². The molecule has 3 heterocycles. The van der Waals surface area contributed by atoms with Gasteiger partial charge in [0.2, 0.25) is 5.91 Å². The van der Waals surface area contributed by atoms with Crippen LogP contribution in [0, 0.1) is 5.92 Å². The minimum Gasteiger partial charge on any atom is -0.355 e. The molecule has 1 aliphatic rings. The highest BCUT2D eigenvalue weighted by Crippen LogP contribution is 2.32. The summed E-state index contributed by atoms with van der Waals surface area (Å²) >= 11 is 7.73. The van der Waals surface area contributed by atoms with Crippen LogP contribution in [-0.4, -0.2) is 29.0 Å². The highest BCUT2D eigenvalue weighted by molar-refractivity contribution is 7.18. The molecule has 140 valence electrons. The molecule has 0 saturated carbocycles. The van der Waals surface area contributed by atoms with Gasteiger partial charge >= 0.3 is 0 Å². The van der Waals surface area contributed by atoms with Crippen LogP contribution in [0.15, 0.2) is 36.7 Å². The number of hydrogen-bond donors (Lipinski definition) is 1. The van der Waals surface area contributed by atoms with Crippen LogP contribution in [0.1, 0.15) is 24.6 Å². The van der Waals surface area contributed by atoms with E-state index in [2.05, 4.69) is 33.2 Å². The zero-order valence-electron chi connectivity index (χ0n) is 15.1. The molecule has 5 nitrogen and oxygen atoms in total. The number of amides is 1. The molecule has 1 saturated heterocycles. The number of rotatable bonds is 4. The van der Waals surface area contributed by atoms with E-state index in [4.69, 9.17) is 11.6 Å². The Morgan fingerprint density at radius 1 is 1.37 bits per heavy atom. The number of nitrogens with zero attached hydrogens (tertiary/aromatic N) is 3. The zero-order valence-corrected chi connectivity index (χ0v) is 16.7. The van der Waals surface area contributed by atoms with Crippen molar-refractivity contribution in [2.75, 3.05) is 23.3 Å². The molecule has 0 spiro atoms. The summed E-state index contributed by atoms with van der Waals surface area (Å²) in [7, 11) is 0. The van der Waals surface area contributed by atoms with Gasteiger partial charge in [-0.1, -0.05) is 24.6 Å². The second-order valence-corrected chi connectivity index (χ2v) is 8.32. The SMILES string of the molecule is CCc1cc2c(N3CCCC(C(=O)Nc4cccc(Cl)c4)C3)ncnc2s1. The van der Waals surface area contributed by atoms with E-state index in [1.54, 1.807) is 29.8 Å². The summed E-state index contributed by atoms with van der Waals surface area (Å²) in [4.78, 5) is 26.3. The van der Waals surface area contributed by atoms with Crippen molar-refractivity contribution in [3.05, 3.63) is 46.6 Å². The highest BCUT2D eigenvalue weighted by atomic mass is 35.5. The van der Waals surface area contributed by atoms with Gasteiger partial charge in [-0.15, -0.1) is 11.3 Å². The predicted molar refractivity (Wildman–Crippen MR) is 112 cm³/mol. The summed E-state index contributed by atoms with van der Waals surface area (Å²) in [6.45, 7) is 3.72. The molecule has 1 unspecified atom stereocenters. The lowest BCUT2D eigenvalue weighted by Gasteiger charge is -2.33. The van der Waals surface area contributed by atoms with Crippen LogP contribution in [0.25, 0.3) is 10.2 Å². The monoisotopic (exact) mass is 400 g/mol. The highest BCUT2D eigenvalue weighted by Gasteiger charge is 2.28. The van der Waals surface area contributed by atoms with Crippen molar-refractivity contribution in [2.24, 2.45) is 5.92 Å². The number of benzene rings is 1. The minimum absolute atomic E-state index is 0.0341. The van der Waals surface area contributed by atoms with Gasteiger partial charge in [0.05, 0.1) is 11.3 Å². The van der Waals surface area contributed by atoms with E-state index in [1.165, 1.54) is 4.88 Å². The third-order valence-electron chi connectivity index (χ3n) is 4.89. The van der Waals surface area contributed by atoms with Gasteiger partial charge in [-0.05, 0) is 43.5 Å². The Morgan fingerprint density at radius 3 is 3.07 bits per heavy atom. The molecule has 27 heavy (non-hydrogen) atoms. The van der Waals surface area contributed by atoms with Gasteiger partial charge in [0.25, 0.3) is 0 Å². The minimum atomic E-state index is -0.0768. The summed E-state index contributed by atoms with van der Waals surface area (Å²) < 4.78 is 0. The first-order chi connectivity index (χ1) is 13.1. The number of aryl methyl sites for hydroxylation is 1. The third kappa shape index (κ3) is 3.92. The van der Waals surface area contributed by atoms with E-state index < -0.39 is 0 Å². The molecule has 0 aliphatic carbocycles. The van der Waals surface area contributed by atoms with Crippen LogP contribution in [0.5, 0.6) is 0 Å². The summed E-state index contributed by atoms with van der Waals surface area (Å²) in [6, 6.07) is 9.45. The van der Waals surface area contributed by atoms with Crippen LogP contribution >= 0.6 is 22.9 Å². The normalized spacial score (nSPS) is 17.3. The van der Waals surface area contributed by atoms with Crippen molar-refractivity contribution in [1.82, 2.24) is 9.97 Å². The second kappa shape index (κ2) is 7.82. The van der Waals surface area contributed by atoms with E-state index >= 15 is 0 Å². The number of piperidine rings is 1. The molecule has 0 bridgehead atoms. The van der Waals surface area contributed by atoms with Gasteiger partial charge in [-0.25, -0.2) is 9.97 Å². The molecule has 1 atom stereocenters. The number of aromatic nitrogens is 2. The Hall–Kier alpha value is -2.18. The largest absolute Gasteiger partial charge is 0.355 e. The Balaban J connectivity index is 1.53. The summed E-state index contributed by atoms with van der Waals surface area (Å²) in [5.74, 6) is 0.898. The first-order valence-corrected chi connectivity index (χ1v) is 10.4. The molecule has 1 aliphatic heterocycles. The van der Waals surface area contributed by atoms with Gasteiger partial charge < -0.3 is 10.2 Å². The second-order valence-electron chi connectivity index (χ2n) is 6.77. The Bertz CT molecular complexity index is 974. The number of anilines is 2. The lowest BCUT2D eigenvalue weighted by Crippen LogP contribution is -2.41. The molecule has 1 amide bonds. The summed E-state index contributed by atoms with van der Waals surface area (Å²) in [6.07, 6.45) is 4.46. The quantitative estimate of drug-likeness (QED) is 0.685. The van der Waals surface area contributed by atoms with Crippen LogP contribution < -0.4 is 10.2 Å². The Labute approximate surface area is 167 Å². The van der Waals surface area contributed by atoms with Crippen molar-refractivity contribution in [2.45, 2.75) is 26.2 Å². The summed E-state index contributed by atoms with van der Waals surface area (Å²) in [5.41, 5.74) is 0.736. The van der Waals surface area contributed by atoms with E-state index in [1.807, 2.05) is 12.1 Å². The predicted octanol–water partition coefficient (Wildman–Crippen LogP) is 4.76. The standard InChI is InChI=1S/C20H21ClN4OS/c1-2-16-10-17-18(22-12-23-20(17)27-16)25-8-4-5-13(11-25)19(26)24-15-7-3-6-14(21)9-15/h3,6-7,9-10,12-13H,2,4-5,8,11H2,1H3,(H,24,26). The average Bonchev–Trinajstić information content (AvgIpc) is 3.11. The first kappa shape index (κ1) is 18.2. The lowest BCUT2D eigenvalue weighted by atomic mass is 9.97. The molecule has 1 fully saturated rings. The molecule has 2 aromatic heterocycles. The maximum Gasteiger partial charge on any atom is 0.229 e. The van der Waals surface area contributed by atoms with Crippen molar-refractivity contribution in [3.8, 4) is 0 Å². The lowest BCUT2D eigenvalue weighted by molar-refractivity contribution is -0.120. The van der Waals surface area contributed by atoms with Gasteiger partial charge in [-0.3, -0.25) is 4.79 Å². The van der Waals surface area contributed by atoms with Crippen LogP contribution in [-0.2, 0) is 11.2 Å². The topological polar surface area (TPSA) is 58.1 Å². The number of fused-ring (bicyclic) bond motifs is 1. The van der Waals surface area contributed by atoms with Gasteiger partial charge in [-0.2, -0.15) is 0 Å². The Morgan fingerprint density at radius 2 is 2.26 bits per heavy atom. The number of halogens is 1. The molecule has 7 heteroatoms. The number of thiophene rings is 1. The fourth-order valence-electron chi connectivity index (χ4n) is 3.51. The van der Waals surface area contributed by atoms with Crippen LogP contribution in [0.2, 0.25) is 5.02 Å². The van der Waals surface area contributed by atoms with E-state index in [0.29, 0.717) is 11.6 Å². The number of carbonyl (C=O) groups excluding carboxylic acids is 1. The molecular formula is C20H21ClN4OS. The van der Waals surface area contributed by atoms with Crippen molar-refractivity contribution in [3.63, 3.8) is 0 Å². The fraction of sp³-hybridized carbons (Fsp3) is 0.350. The number of carbonyl (C=O) groups is 1. The molecule has 4 rings (SSSR count). The van der Waals surface area contributed by atoms with Gasteiger partial charge in [0, 0.05) is 28.7 Å². The van der Waals surface area contributed by atoms with Crippen LogP contribution in [0.4, 0.5) is 11.5 Å². The zero-order chi connectivity index (χ0) is 18.8. The number of hydrogen-bond acceptors (Lipinski definition) is 5. The molecule has 1 N–H and O–H groups in total. The maximum absolute atomic E-state index is 12.8. The van der Waals surface area contributed by atoms with Crippen molar-refractivity contribution >= 4 is 50.6 Å². The molecule has 1 aromatic carbocycles. The Kier molecular flexibility index (Phi) is 5.27. The molecular weight excluding hydrogens is 380 g/mol. The van der Waals surface area contributed by atoms with E-state index in [0.717, 1.165) is 47.5 Å². The summed E-state index contributed by atoms with van der Waals surface area (Å²) in [5, 5.41) is 4.70. The van der Waals surface area contributed by atoms with Crippen molar-refractivity contribution in [1.29, 1.82) is 0 Å². The smallest absolute Gasteiger partial charge is 0.229 e. The molecule has 3 aromatic rings. The van der Waals surface area contributed by atoms with Gasteiger partial charge in [0.15, 0.2) is 0 Å². The van der Waals surface area contributed by atoms with Crippen molar-refractivity contribution < 1.29 is 4.79 Å². The number of nitrogens with one attached hydrogen (secondary N) is 1. The third-order valence-corrected chi connectivity index (χ3v) is 6.31. The average molecular weight is 401 g/mol. The van der Waals surface area contributed by atoms with Crippen LogP contribution in [0.3, 0.4) is 0 Å². The maximum atomic E-state index is 12.8. The van der Waals surface area contributed by atoms with E-state index in [-0.39, 0.29) is 11.8 Å². The molecule has 0 radical (unpaired) electrons.